The zero-order valence-electron chi connectivity index (χ0n) is 19.9. The molecule has 1 aliphatic rings. The van der Waals surface area contributed by atoms with Crippen LogP contribution >= 0.6 is 0 Å². The topological polar surface area (TPSA) is 70.7 Å². The third-order valence-electron chi connectivity index (χ3n) is 6.20. The van der Waals surface area contributed by atoms with Crippen LogP contribution in [-0.2, 0) is 16.0 Å². The number of hydrogen-bond donors (Lipinski definition) is 2. The van der Waals surface area contributed by atoms with Crippen LogP contribution in [0, 0.1) is 5.92 Å². The molecule has 0 atom stereocenters. The molecule has 178 valence electrons. The molecule has 3 rings (SSSR count). The fourth-order valence-electron chi connectivity index (χ4n) is 4.32. The predicted octanol–water partition coefficient (Wildman–Crippen LogP) is 4.65. The molecule has 2 aromatic rings. The molecule has 6 heteroatoms. The summed E-state index contributed by atoms with van der Waals surface area (Å²) >= 11 is 0. The van der Waals surface area contributed by atoms with E-state index in [-0.39, 0.29) is 11.8 Å². The zero-order chi connectivity index (χ0) is 23.5. The minimum absolute atomic E-state index is 0.0166. The summed E-state index contributed by atoms with van der Waals surface area (Å²) in [5.41, 5.74) is 3.57. The van der Waals surface area contributed by atoms with Gasteiger partial charge in [0.15, 0.2) is 0 Å². The van der Waals surface area contributed by atoms with E-state index in [1.165, 1.54) is 5.56 Å². The molecule has 6 nitrogen and oxygen atoms in total. The maximum absolute atomic E-state index is 13.0. The summed E-state index contributed by atoms with van der Waals surface area (Å²) in [5.74, 6) is 0.495. The molecule has 0 spiro atoms. The Bertz CT molecular complexity index is 893. The lowest BCUT2D eigenvalue weighted by Gasteiger charge is -2.35. The number of rotatable bonds is 11. The van der Waals surface area contributed by atoms with E-state index in [0.717, 1.165) is 50.9 Å². The van der Waals surface area contributed by atoms with Gasteiger partial charge >= 0.3 is 0 Å². The van der Waals surface area contributed by atoms with Gasteiger partial charge in [-0.1, -0.05) is 43.7 Å². The maximum atomic E-state index is 13.0. The van der Waals surface area contributed by atoms with Crippen molar-refractivity contribution in [3.05, 3.63) is 59.7 Å². The maximum Gasteiger partial charge on any atom is 0.253 e. The first-order valence-electron chi connectivity index (χ1n) is 12.1. The van der Waals surface area contributed by atoms with Gasteiger partial charge in [0.1, 0.15) is 0 Å². The highest BCUT2D eigenvalue weighted by atomic mass is 16.5. The minimum atomic E-state index is -0.141. The molecule has 1 aliphatic heterocycles. The van der Waals surface area contributed by atoms with E-state index in [1.807, 2.05) is 12.1 Å². The van der Waals surface area contributed by atoms with Crippen molar-refractivity contribution in [3.8, 4) is 0 Å². The third kappa shape index (κ3) is 7.60. The number of nitrogens with zero attached hydrogens (tertiary/aromatic N) is 1. The quantitative estimate of drug-likeness (QED) is 0.488. The SMILES string of the molecule is CCCCC(=O)Nc1ccc(N2CCC(Cc3ccccc3)CC2)c(C(=O)NCCOC)c1. The van der Waals surface area contributed by atoms with Crippen molar-refractivity contribution in [1.82, 2.24) is 5.32 Å². The Labute approximate surface area is 197 Å². The molecule has 2 amide bonds. The van der Waals surface area contributed by atoms with Crippen LogP contribution in [0.3, 0.4) is 0 Å². The second kappa shape index (κ2) is 13.0. The Morgan fingerprint density at radius 3 is 2.55 bits per heavy atom. The number of carbonyl (C=O) groups excluding carboxylic acids is 2. The standard InChI is InChI=1S/C27H37N3O3/c1-3-4-10-26(31)29-23-11-12-25(24(20-23)27(32)28-15-18-33-2)30-16-13-22(14-17-30)19-21-8-6-5-7-9-21/h5-9,11-12,20,22H,3-4,10,13-19H2,1-2H3,(H,28,32)(H,29,31). The van der Waals surface area contributed by atoms with E-state index in [4.69, 9.17) is 4.74 Å². The number of amides is 2. The summed E-state index contributed by atoms with van der Waals surface area (Å²) in [4.78, 5) is 27.5. The van der Waals surface area contributed by atoms with Crippen molar-refractivity contribution in [1.29, 1.82) is 0 Å². The Morgan fingerprint density at radius 2 is 1.85 bits per heavy atom. The number of methoxy groups -OCH3 is 1. The summed E-state index contributed by atoms with van der Waals surface area (Å²) in [6, 6.07) is 16.3. The molecule has 2 N–H and O–H groups in total. The van der Waals surface area contributed by atoms with Crippen LogP contribution in [0.1, 0.15) is 54.9 Å². The van der Waals surface area contributed by atoms with Crippen molar-refractivity contribution in [2.75, 3.05) is 43.6 Å². The molecule has 0 bridgehead atoms. The highest BCUT2D eigenvalue weighted by Gasteiger charge is 2.23. The van der Waals surface area contributed by atoms with E-state index in [1.54, 1.807) is 13.2 Å². The van der Waals surface area contributed by atoms with Gasteiger partial charge < -0.3 is 20.3 Å². The lowest BCUT2D eigenvalue weighted by Crippen LogP contribution is -2.36. The fraction of sp³-hybridized carbons (Fsp3) is 0.481. The monoisotopic (exact) mass is 451 g/mol. The van der Waals surface area contributed by atoms with E-state index >= 15 is 0 Å². The van der Waals surface area contributed by atoms with E-state index < -0.39 is 0 Å². The summed E-state index contributed by atoms with van der Waals surface area (Å²) in [7, 11) is 1.61. The summed E-state index contributed by atoms with van der Waals surface area (Å²) in [6.45, 7) is 4.80. The number of benzene rings is 2. The van der Waals surface area contributed by atoms with Crippen molar-refractivity contribution >= 4 is 23.2 Å². The van der Waals surface area contributed by atoms with Crippen LogP contribution in [0.5, 0.6) is 0 Å². The largest absolute Gasteiger partial charge is 0.383 e. The molecular formula is C27H37N3O3. The van der Waals surface area contributed by atoms with Crippen molar-refractivity contribution in [2.24, 2.45) is 5.92 Å². The minimum Gasteiger partial charge on any atom is -0.383 e. The Balaban J connectivity index is 1.70. The lowest BCUT2D eigenvalue weighted by atomic mass is 9.89. The Hall–Kier alpha value is -2.86. The van der Waals surface area contributed by atoms with E-state index in [0.29, 0.717) is 36.7 Å². The number of unbranched alkanes of at least 4 members (excludes halogenated alkanes) is 1. The van der Waals surface area contributed by atoms with Gasteiger partial charge in [0, 0.05) is 44.5 Å². The fourth-order valence-corrected chi connectivity index (χ4v) is 4.32. The molecule has 0 unspecified atom stereocenters. The van der Waals surface area contributed by atoms with Crippen molar-refractivity contribution in [3.63, 3.8) is 0 Å². The molecular weight excluding hydrogens is 414 g/mol. The molecule has 1 saturated heterocycles. The normalized spacial score (nSPS) is 14.2. The lowest BCUT2D eigenvalue weighted by molar-refractivity contribution is -0.116. The van der Waals surface area contributed by atoms with Crippen LogP contribution < -0.4 is 15.5 Å². The first kappa shape index (κ1) is 24.8. The van der Waals surface area contributed by atoms with Crippen LogP contribution in [0.15, 0.2) is 48.5 Å². The van der Waals surface area contributed by atoms with Crippen LogP contribution in [0.4, 0.5) is 11.4 Å². The molecule has 0 aromatic heterocycles. The molecule has 0 radical (unpaired) electrons. The second-order valence-electron chi connectivity index (χ2n) is 8.75. The number of carbonyl (C=O) groups is 2. The molecule has 0 saturated carbocycles. The average molecular weight is 452 g/mol. The van der Waals surface area contributed by atoms with E-state index in [2.05, 4.69) is 52.8 Å². The van der Waals surface area contributed by atoms with Crippen molar-refractivity contribution < 1.29 is 14.3 Å². The molecule has 1 heterocycles. The number of hydrogen-bond acceptors (Lipinski definition) is 4. The smallest absolute Gasteiger partial charge is 0.253 e. The van der Waals surface area contributed by atoms with Gasteiger partial charge in [0.25, 0.3) is 5.91 Å². The number of ether oxygens (including phenoxy) is 1. The molecule has 0 aliphatic carbocycles. The Kier molecular flexibility index (Phi) is 9.76. The van der Waals surface area contributed by atoms with Gasteiger partial charge in [-0.3, -0.25) is 9.59 Å². The average Bonchev–Trinajstić information content (AvgIpc) is 2.84. The van der Waals surface area contributed by atoms with Crippen LogP contribution in [0.2, 0.25) is 0 Å². The van der Waals surface area contributed by atoms with Crippen LogP contribution in [-0.4, -0.2) is 45.2 Å². The summed E-state index contributed by atoms with van der Waals surface area (Å²) in [5, 5.41) is 5.87. The number of anilines is 2. The van der Waals surface area contributed by atoms with Gasteiger partial charge in [-0.05, 0) is 55.4 Å². The summed E-state index contributed by atoms with van der Waals surface area (Å²) in [6.07, 6.45) is 5.60. The third-order valence-corrected chi connectivity index (χ3v) is 6.20. The second-order valence-corrected chi connectivity index (χ2v) is 8.75. The van der Waals surface area contributed by atoms with Gasteiger partial charge in [-0.2, -0.15) is 0 Å². The molecule has 2 aromatic carbocycles. The highest BCUT2D eigenvalue weighted by Crippen LogP contribution is 2.30. The first-order valence-corrected chi connectivity index (χ1v) is 12.1. The van der Waals surface area contributed by atoms with Crippen LogP contribution in [0.25, 0.3) is 0 Å². The predicted molar refractivity (Wildman–Crippen MR) is 134 cm³/mol. The zero-order valence-corrected chi connectivity index (χ0v) is 19.9. The number of piperidine rings is 1. The molecule has 33 heavy (non-hydrogen) atoms. The number of nitrogens with one attached hydrogen (secondary N) is 2. The van der Waals surface area contributed by atoms with E-state index in [9.17, 15) is 9.59 Å². The first-order chi connectivity index (χ1) is 16.1. The summed E-state index contributed by atoms with van der Waals surface area (Å²) < 4.78 is 5.07. The Morgan fingerprint density at radius 1 is 1.09 bits per heavy atom. The van der Waals surface area contributed by atoms with Gasteiger partial charge in [0.2, 0.25) is 5.91 Å². The van der Waals surface area contributed by atoms with Gasteiger partial charge in [0.05, 0.1) is 12.2 Å². The van der Waals surface area contributed by atoms with Gasteiger partial charge in [-0.15, -0.1) is 0 Å². The molecule has 1 fully saturated rings. The van der Waals surface area contributed by atoms with Crippen molar-refractivity contribution in [2.45, 2.75) is 45.4 Å². The van der Waals surface area contributed by atoms with Gasteiger partial charge in [-0.25, -0.2) is 0 Å². The highest BCUT2D eigenvalue weighted by molar-refractivity contribution is 6.02.